The van der Waals surface area contributed by atoms with Crippen molar-refractivity contribution in [1.29, 1.82) is 0 Å². The normalized spacial score (nSPS) is 11.4. The van der Waals surface area contributed by atoms with Crippen LogP contribution in [0.3, 0.4) is 0 Å². The van der Waals surface area contributed by atoms with E-state index in [1.165, 1.54) is 0 Å². The topological polar surface area (TPSA) is 47.2 Å². The molecule has 3 aromatic heterocycles. The first-order valence-electron chi connectivity index (χ1n) is 5.42. The second kappa shape index (κ2) is 4.31. The van der Waals surface area contributed by atoms with Crippen molar-refractivity contribution in [2.24, 2.45) is 0 Å². The zero-order valence-corrected chi connectivity index (χ0v) is 10.3. The number of hydrogen-bond donors (Lipinski definition) is 1. The number of thiazole rings is 1. The highest BCUT2D eigenvalue weighted by molar-refractivity contribution is 7.15. The zero-order valence-electron chi connectivity index (χ0n) is 9.50. The number of hydrogen-bond acceptors (Lipinski definition) is 4. The lowest BCUT2D eigenvalue weighted by Gasteiger charge is -2.04. The van der Waals surface area contributed by atoms with Crippen LogP contribution in [0.5, 0.6) is 0 Å². The van der Waals surface area contributed by atoms with Crippen LogP contribution in [-0.2, 0) is 13.1 Å². The van der Waals surface area contributed by atoms with Crippen molar-refractivity contribution in [3.05, 3.63) is 41.7 Å². The van der Waals surface area contributed by atoms with Gasteiger partial charge in [-0.3, -0.25) is 4.40 Å². The summed E-state index contributed by atoms with van der Waals surface area (Å²) in [6.45, 7) is 1.54. The Morgan fingerprint density at radius 2 is 2.35 bits per heavy atom. The van der Waals surface area contributed by atoms with E-state index in [0.717, 1.165) is 29.6 Å². The molecule has 1 N–H and O–H groups in total. The molecule has 3 aromatic rings. The van der Waals surface area contributed by atoms with Crippen molar-refractivity contribution in [2.45, 2.75) is 13.1 Å². The van der Waals surface area contributed by atoms with E-state index in [1.54, 1.807) is 11.3 Å². The van der Waals surface area contributed by atoms with Crippen molar-refractivity contribution >= 4 is 16.3 Å². The minimum absolute atomic E-state index is 0.769. The third-order valence-electron chi connectivity index (χ3n) is 2.61. The van der Waals surface area contributed by atoms with E-state index in [1.807, 2.05) is 31.0 Å². The molecule has 0 amide bonds. The molecule has 0 atom stereocenters. The maximum absolute atomic E-state index is 4.56. The molecule has 3 rings (SSSR count). The first-order valence-corrected chi connectivity index (χ1v) is 6.30. The van der Waals surface area contributed by atoms with Gasteiger partial charge in [-0.05, 0) is 7.05 Å². The fraction of sp³-hybridized carbons (Fsp3) is 0.273. The minimum atomic E-state index is 0.769. The fourth-order valence-electron chi connectivity index (χ4n) is 1.84. The molecule has 0 aliphatic heterocycles. The Balaban J connectivity index is 1.86. The van der Waals surface area contributed by atoms with Gasteiger partial charge in [-0.15, -0.1) is 11.3 Å². The van der Waals surface area contributed by atoms with Gasteiger partial charge < -0.3 is 9.88 Å². The molecular weight excluding hydrogens is 234 g/mol. The molecule has 0 aliphatic rings. The number of rotatable bonds is 4. The van der Waals surface area contributed by atoms with Crippen LogP contribution in [0.1, 0.15) is 11.5 Å². The maximum Gasteiger partial charge on any atom is 0.193 e. The lowest BCUT2D eigenvalue weighted by molar-refractivity contribution is 0.667. The lowest BCUT2D eigenvalue weighted by Crippen LogP contribution is -2.12. The number of nitrogens with zero attached hydrogens (tertiary/aromatic N) is 4. The molecule has 0 bridgehead atoms. The summed E-state index contributed by atoms with van der Waals surface area (Å²) in [5, 5.41) is 5.15. The summed E-state index contributed by atoms with van der Waals surface area (Å²) in [5.74, 6) is 1.03. The predicted octanol–water partition coefficient (Wildman–Crippen LogP) is 1.36. The molecule has 88 valence electrons. The fourth-order valence-corrected chi connectivity index (χ4v) is 2.56. The second-order valence-corrected chi connectivity index (χ2v) is 4.70. The molecule has 6 heteroatoms. The molecule has 3 heterocycles. The van der Waals surface area contributed by atoms with E-state index < -0.39 is 0 Å². The van der Waals surface area contributed by atoms with Crippen LogP contribution >= 0.6 is 11.3 Å². The molecule has 0 unspecified atom stereocenters. The standard InChI is InChI=1S/C11H13N5S/c1-12-6-10-13-2-3-15(10)7-9-8-16-4-5-17-11(16)14-9/h2-5,8,12H,6-7H2,1H3. The Morgan fingerprint density at radius 3 is 3.18 bits per heavy atom. The third-order valence-corrected chi connectivity index (χ3v) is 3.38. The van der Waals surface area contributed by atoms with Gasteiger partial charge >= 0.3 is 0 Å². The lowest BCUT2D eigenvalue weighted by atomic mass is 10.4. The Morgan fingerprint density at radius 1 is 1.41 bits per heavy atom. The summed E-state index contributed by atoms with van der Waals surface area (Å²) in [4.78, 5) is 9.91. The highest BCUT2D eigenvalue weighted by atomic mass is 32.1. The highest BCUT2D eigenvalue weighted by Gasteiger charge is 2.06. The number of fused-ring (bicyclic) bond motifs is 1. The average molecular weight is 247 g/mol. The van der Waals surface area contributed by atoms with Crippen LogP contribution in [0.2, 0.25) is 0 Å². The van der Waals surface area contributed by atoms with Gasteiger partial charge in [-0.25, -0.2) is 9.97 Å². The largest absolute Gasteiger partial charge is 0.328 e. The van der Waals surface area contributed by atoms with Crippen LogP contribution in [0.4, 0.5) is 0 Å². The molecule has 17 heavy (non-hydrogen) atoms. The summed E-state index contributed by atoms with van der Waals surface area (Å²) in [6.07, 6.45) is 7.90. The third kappa shape index (κ3) is 1.96. The molecule has 0 aromatic carbocycles. The van der Waals surface area contributed by atoms with E-state index in [2.05, 4.69) is 30.4 Å². The van der Waals surface area contributed by atoms with Crippen molar-refractivity contribution in [2.75, 3.05) is 7.05 Å². The summed E-state index contributed by atoms with van der Waals surface area (Å²) >= 11 is 1.65. The van der Waals surface area contributed by atoms with Gasteiger partial charge in [0.25, 0.3) is 0 Å². The van der Waals surface area contributed by atoms with Gasteiger partial charge in [0.1, 0.15) is 5.82 Å². The van der Waals surface area contributed by atoms with Crippen LogP contribution < -0.4 is 5.32 Å². The molecule has 0 spiro atoms. The summed E-state index contributed by atoms with van der Waals surface area (Å²) < 4.78 is 4.16. The molecule has 0 radical (unpaired) electrons. The molecule has 5 nitrogen and oxygen atoms in total. The van der Waals surface area contributed by atoms with Crippen LogP contribution in [0.25, 0.3) is 4.96 Å². The number of nitrogens with one attached hydrogen (secondary N) is 1. The first-order chi connectivity index (χ1) is 8.36. The van der Waals surface area contributed by atoms with Crippen molar-refractivity contribution in [1.82, 2.24) is 24.3 Å². The highest BCUT2D eigenvalue weighted by Crippen LogP contribution is 2.12. The van der Waals surface area contributed by atoms with E-state index in [4.69, 9.17) is 0 Å². The van der Waals surface area contributed by atoms with Gasteiger partial charge in [-0.1, -0.05) is 0 Å². The van der Waals surface area contributed by atoms with Gasteiger partial charge in [-0.2, -0.15) is 0 Å². The zero-order chi connectivity index (χ0) is 11.7. The quantitative estimate of drug-likeness (QED) is 0.757. The Kier molecular flexibility index (Phi) is 2.66. The Labute approximate surface area is 103 Å². The van der Waals surface area contributed by atoms with E-state index in [-0.39, 0.29) is 0 Å². The molecule has 0 saturated carbocycles. The van der Waals surface area contributed by atoms with E-state index in [9.17, 15) is 0 Å². The van der Waals surface area contributed by atoms with E-state index in [0.29, 0.717) is 0 Å². The average Bonchev–Trinajstić information content (AvgIpc) is 2.95. The minimum Gasteiger partial charge on any atom is -0.328 e. The molecule has 0 aliphatic carbocycles. The first kappa shape index (κ1) is 10.5. The van der Waals surface area contributed by atoms with Crippen LogP contribution in [0, 0.1) is 0 Å². The Hall–Kier alpha value is -1.66. The number of imidazole rings is 2. The summed E-state index contributed by atoms with van der Waals surface area (Å²) in [7, 11) is 1.92. The van der Waals surface area contributed by atoms with Crippen molar-refractivity contribution < 1.29 is 0 Å². The second-order valence-electron chi connectivity index (χ2n) is 3.83. The van der Waals surface area contributed by atoms with E-state index >= 15 is 0 Å². The Bertz CT molecular complexity index is 592. The van der Waals surface area contributed by atoms with Crippen LogP contribution in [0.15, 0.2) is 30.2 Å². The monoisotopic (exact) mass is 247 g/mol. The van der Waals surface area contributed by atoms with Crippen molar-refractivity contribution in [3.8, 4) is 0 Å². The van der Waals surface area contributed by atoms with Gasteiger partial charge in [0.05, 0.1) is 18.8 Å². The van der Waals surface area contributed by atoms with Gasteiger partial charge in [0.2, 0.25) is 0 Å². The number of aromatic nitrogens is 4. The van der Waals surface area contributed by atoms with Crippen LogP contribution in [-0.4, -0.2) is 26.0 Å². The smallest absolute Gasteiger partial charge is 0.193 e. The SMILES string of the molecule is CNCc1nccn1Cc1cn2ccsc2n1. The summed E-state index contributed by atoms with van der Waals surface area (Å²) in [6, 6.07) is 0. The maximum atomic E-state index is 4.56. The van der Waals surface area contributed by atoms with Gasteiger partial charge in [0, 0.05) is 30.2 Å². The molecule has 0 fully saturated rings. The predicted molar refractivity (Wildman–Crippen MR) is 67.2 cm³/mol. The van der Waals surface area contributed by atoms with Crippen molar-refractivity contribution in [3.63, 3.8) is 0 Å². The van der Waals surface area contributed by atoms with Gasteiger partial charge in [0.15, 0.2) is 4.96 Å². The summed E-state index contributed by atoms with van der Waals surface area (Å²) in [5.41, 5.74) is 1.06. The molecule has 0 saturated heterocycles. The molecular formula is C11H13N5S.